The van der Waals surface area contributed by atoms with Gasteiger partial charge in [0.15, 0.2) is 0 Å². The fourth-order valence-electron chi connectivity index (χ4n) is 5.27. The fraction of sp³-hybridized carbons (Fsp3) is 0.448. The summed E-state index contributed by atoms with van der Waals surface area (Å²) >= 11 is 0. The molecule has 186 valence electrons. The van der Waals surface area contributed by atoms with Crippen LogP contribution in [0.15, 0.2) is 60.8 Å². The summed E-state index contributed by atoms with van der Waals surface area (Å²) in [6.45, 7) is 2.35. The van der Waals surface area contributed by atoms with E-state index < -0.39 is 18.1 Å². The van der Waals surface area contributed by atoms with Crippen molar-refractivity contribution >= 4 is 16.9 Å². The van der Waals surface area contributed by atoms with E-state index in [0.29, 0.717) is 30.7 Å². The van der Waals surface area contributed by atoms with Crippen LogP contribution < -0.4 is 4.74 Å². The monoisotopic (exact) mass is 478 g/mol. The lowest BCUT2D eigenvalue weighted by Gasteiger charge is -2.37. The molecule has 1 aromatic heterocycles. The molecule has 0 radical (unpaired) electrons. The highest BCUT2D eigenvalue weighted by Crippen LogP contribution is 2.35. The molecule has 5 nitrogen and oxygen atoms in total. The number of aromatic nitrogens is 1. The van der Waals surface area contributed by atoms with Crippen LogP contribution in [0.25, 0.3) is 10.9 Å². The molecule has 3 atom stereocenters. The number of methoxy groups -OCH3 is 1. The van der Waals surface area contributed by atoms with E-state index in [4.69, 9.17) is 4.74 Å². The highest BCUT2D eigenvalue weighted by atomic mass is 19.1. The Balaban J connectivity index is 1.30. The van der Waals surface area contributed by atoms with Gasteiger partial charge in [0.2, 0.25) is 0 Å². The number of fused-ring (bicyclic) bond motifs is 1. The number of ether oxygens (including phenoxy) is 1. The Morgan fingerprint density at radius 1 is 1.20 bits per heavy atom. The number of nitrogens with zero attached hydrogens (tertiary/aromatic N) is 2. The first kappa shape index (κ1) is 25.1. The van der Waals surface area contributed by atoms with Crippen molar-refractivity contribution in [3.05, 3.63) is 71.9 Å². The molecule has 1 fully saturated rings. The van der Waals surface area contributed by atoms with Crippen molar-refractivity contribution in [1.29, 1.82) is 0 Å². The molecule has 1 N–H and O–H groups in total. The van der Waals surface area contributed by atoms with E-state index in [1.165, 1.54) is 5.56 Å². The molecule has 0 amide bonds. The predicted octanol–water partition coefficient (Wildman–Crippen LogP) is 6.08. The number of aliphatic carboxylic acids is 1. The van der Waals surface area contributed by atoms with Crippen LogP contribution in [-0.4, -0.2) is 47.7 Å². The number of carboxylic acid groups (broad SMARTS) is 1. The van der Waals surface area contributed by atoms with E-state index in [9.17, 15) is 9.90 Å². The lowest BCUT2D eigenvalue weighted by Crippen LogP contribution is -2.44. The molecule has 35 heavy (non-hydrogen) atoms. The molecule has 4 rings (SSSR count). The number of benzene rings is 2. The number of likely N-dealkylation sites (tertiary alicyclic amines) is 1. The maximum Gasteiger partial charge on any atom is 0.308 e. The predicted molar refractivity (Wildman–Crippen MR) is 136 cm³/mol. The van der Waals surface area contributed by atoms with Crippen LogP contribution in [0.3, 0.4) is 0 Å². The Hall–Kier alpha value is -2.99. The summed E-state index contributed by atoms with van der Waals surface area (Å²) in [5.41, 5.74) is 2.67. The van der Waals surface area contributed by atoms with Crippen molar-refractivity contribution in [3.8, 4) is 5.75 Å². The molecular weight excluding hydrogens is 443 g/mol. The topological polar surface area (TPSA) is 62.7 Å². The third-order valence-electron chi connectivity index (χ3n) is 7.30. The molecule has 1 unspecified atom stereocenters. The van der Waals surface area contributed by atoms with Gasteiger partial charge in [0.25, 0.3) is 0 Å². The van der Waals surface area contributed by atoms with Gasteiger partial charge in [0.1, 0.15) is 11.9 Å². The maximum atomic E-state index is 15.4. The zero-order valence-electron chi connectivity index (χ0n) is 20.4. The largest absolute Gasteiger partial charge is 0.497 e. The summed E-state index contributed by atoms with van der Waals surface area (Å²) in [5, 5.41) is 10.6. The highest BCUT2D eigenvalue weighted by molar-refractivity contribution is 5.83. The first-order valence-corrected chi connectivity index (χ1v) is 12.6. The molecule has 2 heterocycles. The molecule has 2 aromatic carbocycles. The zero-order valence-corrected chi connectivity index (χ0v) is 20.4. The van der Waals surface area contributed by atoms with Gasteiger partial charge in [-0.15, -0.1) is 0 Å². The first-order valence-electron chi connectivity index (χ1n) is 12.6. The second-order valence-corrected chi connectivity index (χ2v) is 9.56. The van der Waals surface area contributed by atoms with Crippen LogP contribution in [0.2, 0.25) is 0 Å². The Labute approximate surface area is 206 Å². The molecule has 1 saturated heterocycles. The summed E-state index contributed by atoms with van der Waals surface area (Å²) < 4.78 is 20.7. The van der Waals surface area contributed by atoms with Crippen LogP contribution >= 0.6 is 0 Å². The smallest absolute Gasteiger partial charge is 0.308 e. The second-order valence-electron chi connectivity index (χ2n) is 9.56. The first-order chi connectivity index (χ1) is 17.0. The number of carbonyl (C=O) groups is 1. The molecule has 1 aliphatic heterocycles. The van der Waals surface area contributed by atoms with E-state index in [1.54, 1.807) is 19.4 Å². The molecule has 0 saturated carbocycles. The summed E-state index contributed by atoms with van der Waals surface area (Å²) in [4.78, 5) is 18.7. The van der Waals surface area contributed by atoms with Gasteiger partial charge in [0.05, 0.1) is 18.5 Å². The second kappa shape index (κ2) is 12.1. The van der Waals surface area contributed by atoms with Crippen molar-refractivity contribution in [2.45, 2.75) is 44.7 Å². The molecule has 0 spiro atoms. The summed E-state index contributed by atoms with van der Waals surface area (Å²) in [7, 11) is 1.59. The van der Waals surface area contributed by atoms with Crippen molar-refractivity contribution in [2.24, 2.45) is 11.8 Å². The number of hydrogen-bond donors (Lipinski definition) is 1. The summed E-state index contributed by atoms with van der Waals surface area (Å²) in [6, 6.07) is 17.6. The number of unbranched alkanes of at least 4 members (excludes halogenated alkanes) is 1. The Kier molecular flexibility index (Phi) is 8.69. The lowest BCUT2D eigenvalue weighted by molar-refractivity contribution is -0.146. The van der Waals surface area contributed by atoms with Gasteiger partial charge in [-0.3, -0.25) is 9.78 Å². The van der Waals surface area contributed by atoms with Crippen molar-refractivity contribution in [3.63, 3.8) is 0 Å². The average molecular weight is 479 g/mol. The summed E-state index contributed by atoms with van der Waals surface area (Å²) in [6.07, 6.45) is 5.33. The molecule has 1 aliphatic rings. The van der Waals surface area contributed by atoms with Crippen molar-refractivity contribution < 1.29 is 19.0 Å². The third kappa shape index (κ3) is 6.57. The SMILES string of the molecule is COc1ccc2nccc(C(F)CC[C@@H]3CCN(CCCCc4ccccc4)C[C@@H]3C(=O)O)c2c1. The van der Waals surface area contributed by atoms with Gasteiger partial charge in [-0.25, -0.2) is 4.39 Å². The van der Waals surface area contributed by atoms with E-state index >= 15 is 4.39 Å². The number of pyridine rings is 1. The molecule has 6 heteroatoms. The van der Waals surface area contributed by atoms with Gasteiger partial charge in [-0.05, 0) is 92.9 Å². The van der Waals surface area contributed by atoms with E-state index in [2.05, 4.69) is 34.1 Å². The number of carboxylic acids is 1. The Bertz CT molecular complexity index is 1110. The van der Waals surface area contributed by atoms with Gasteiger partial charge >= 0.3 is 5.97 Å². The normalized spacial score (nSPS) is 19.5. The van der Waals surface area contributed by atoms with E-state index in [1.807, 2.05) is 24.3 Å². The van der Waals surface area contributed by atoms with Crippen molar-refractivity contribution in [2.75, 3.05) is 26.7 Å². The minimum Gasteiger partial charge on any atom is -0.497 e. The minimum atomic E-state index is -1.17. The summed E-state index contributed by atoms with van der Waals surface area (Å²) in [5.74, 6) is -0.548. The highest BCUT2D eigenvalue weighted by Gasteiger charge is 2.34. The zero-order chi connectivity index (χ0) is 24.6. The van der Waals surface area contributed by atoms with Gasteiger partial charge < -0.3 is 14.7 Å². The van der Waals surface area contributed by atoms with Gasteiger partial charge in [-0.1, -0.05) is 30.3 Å². The van der Waals surface area contributed by atoms with Crippen LogP contribution in [0.4, 0.5) is 4.39 Å². The molecule has 0 bridgehead atoms. The quantitative estimate of drug-likeness (QED) is 0.339. The minimum absolute atomic E-state index is 0.00560. The average Bonchev–Trinajstić information content (AvgIpc) is 2.89. The fourth-order valence-corrected chi connectivity index (χ4v) is 5.27. The molecular formula is C29H35FN2O3. The van der Waals surface area contributed by atoms with Gasteiger partial charge in [0, 0.05) is 18.1 Å². The molecule has 0 aliphatic carbocycles. The number of hydrogen-bond acceptors (Lipinski definition) is 4. The number of piperidine rings is 1. The van der Waals surface area contributed by atoms with Crippen molar-refractivity contribution in [1.82, 2.24) is 9.88 Å². The van der Waals surface area contributed by atoms with E-state index in [0.717, 1.165) is 49.7 Å². The number of halogens is 1. The maximum absolute atomic E-state index is 15.4. The molecule has 3 aromatic rings. The lowest BCUT2D eigenvalue weighted by atomic mass is 9.81. The van der Waals surface area contributed by atoms with Crippen LogP contribution in [0, 0.1) is 11.8 Å². The van der Waals surface area contributed by atoms with Crippen LogP contribution in [-0.2, 0) is 11.2 Å². The van der Waals surface area contributed by atoms with Crippen LogP contribution in [0.1, 0.15) is 49.4 Å². The Morgan fingerprint density at radius 3 is 2.80 bits per heavy atom. The number of rotatable bonds is 11. The number of alkyl halides is 1. The third-order valence-corrected chi connectivity index (χ3v) is 7.30. The van der Waals surface area contributed by atoms with Crippen LogP contribution in [0.5, 0.6) is 5.75 Å². The standard InChI is InChI=1S/C29H35FN2O3/c1-35-23-11-13-28-25(19-23)24(14-16-31-28)27(30)12-10-22-15-18-32(20-26(22)29(33)34)17-6-5-9-21-7-3-2-4-8-21/h2-4,7-8,11,13-14,16,19,22,26-27H,5-6,9-10,12,15,17-18,20H2,1H3,(H,33,34)/t22-,26+,27?/m1/s1. The van der Waals surface area contributed by atoms with E-state index in [-0.39, 0.29) is 5.92 Å². The Morgan fingerprint density at radius 2 is 2.03 bits per heavy atom. The van der Waals surface area contributed by atoms with Gasteiger partial charge in [-0.2, -0.15) is 0 Å². The number of aryl methyl sites for hydroxylation is 1.